The van der Waals surface area contributed by atoms with Gasteiger partial charge in [-0.2, -0.15) is 0 Å². The van der Waals surface area contributed by atoms with E-state index in [2.05, 4.69) is 87.2 Å². The Morgan fingerprint density at radius 2 is 1.69 bits per heavy atom. The van der Waals surface area contributed by atoms with Crippen molar-refractivity contribution in [3.63, 3.8) is 0 Å². The third kappa shape index (κ3) is 2.98. The van der Waals surface area contributed by atoms with E-state index in [0.717, 1.165) is 39.2 Å². The number of carbonyl (C=O) groups is 1. The zero-order valence-corrected chi connectivity index (χ0v) is 17.3. The quantitative estimate of drug-likeness (QED) is 0.499. The molecule has 0 atom stereocenters. The number of fused-ring (bicyclic) bond motifs is 3. The van der Waals surface area contributed by atoms with E-state index in [-0.39, 0.29) is 11.2 Å². The number of pyridine rings is 1. The predicted octanol–water partition coefficient (Wildman–Crippen LogP) is 6.27. The van der Waals surface area contributed by atoms with Crippen LogP contribution in [0.15, 0.2) is 65.9 Å². The number of carbonyl (C=O) groups excluding carboxylic acids is 1. The minimum atomic E-state index is -0.182. The maximum atomic E-state index is 13.0. The first-order chi connectivity index (χ1) is 13.8. The summed E-state index contributed by atoms with van der Waals surface area (Å²) in [6, 6.07) is 16.9. The molecule has 0 bridgehead atoms. The molecule has 0 saturated heterocycles. The van der Waals surface area contributed by atoms with Crippen molar-refractivity contribution in [2.24, 2.45) is 5.41 Å². The summed E-state index contributed by atoms with van der Waals surface area (Å²) in [5, 5.41) is 1.10. The molecule has 0 saturated carbocycles. The maximum absolute atomic E-state index is 13.0. The molecule has 2 heterocycles. The van der Waals surface area contributed by atoms with E-state index >= 15 is 0 Å². The second kappa shape index (κ2) is 6.15. The van der Waals surface area contributed by atoms with Gasteiger partial charge in [-0.05, 0) is 55.7 Å². The number of anilines is 2. The van der Waals surface area contributed by atoms with Gasteiger partial charge >= 0.3 is 0 Å². The molecule has 0 spiro atoms. The Balaban J connectivity index is 1.82. The fraction of sp³-hybridized carbons (Fsp3) is 0.231. The van der Waals surface area contributed by atoms with Crippen LogP contribution in [0, 0.1) is 19.3 Å². The fourth-order valence-electron chi connectivity index (χ4n) is 4.30. The lowest BCUT2D eigenvalue weighted by molar-refractivity contribution is -0.116. The summed E-state index contributed by atoms with van der Waals surface area (Å²) in [4.78, 5) is 20.2. The number of hydrogen-bond donors (Lipinski definition) is 0. The highest BCUT2D eigenvalue weighted by Crippen LogP contribution is 2.46. The van der Waals surface area contributed by atoms with Crippen molar-refractivity contribution in [2.75, 3.05) is 4.90 Å². The average molecular weight is 380 g/mol. The summed E-state index contributed by atoms with van der Waals surface area (Å²) in [6.45, 7) is 8.41. The molecule has 1 aliphatic carbocycles. The fourth-order valence-corrected chi connectivity index (χ4v) is 4.30. The first-order valence-corrected chi connectivity index (χ1v) is 10.1. The zero-order chi connectivity index (χ0) is 20.3. The van der Waals surface area contributed by atoms with Crippen molar-refractivity contribution in [3.05, 3.63) is 82.6 Å². The van der Waals surface area contributed by atoms with E-state index in [0.29, 0.717) is 6.42 Å². The second-order valence-electron chi connectivity index (χ2n) is 8.94. The molecule has 2 aliphatic rings. The molecule has 3 nitrogen and oxygen atoms in total. The minimum Gasteiger partial charge on any atom is -0.294 e. The number of hydrogen-bond acceptors (Lipinski definition) is 3. The van der Waals surface area contributed by atoms with Crippen molar-refractivity contribution in [3.8, 4) is 0 Å². The van der Waals surface area contributed by atoms with Crippen LogP contribution in [0.5, 0.6) is 0 Å². The summed E-state index contributed by atoms with van der Waals surface area (Å²) >= 11 is 0. The minimum absolute atomic E-state index is 0.182. The molecule has 0 unspecified atom stereocenters. The molecule has 0 fully saturated rings. The lowest BCUT2D eigenvalue weighted by Gasteiger charge is -2.38. The van der Waals surface area contributed by atoms with Crippen LogP contribution in [0.3, 0.4) is 0 Å². The molecule has 5 rings (SSSR count). The van der Waals surface area contributed by atoms with Gasteiger partial charge in [0.25, 0.3) is 0 Å². The number of Topliss-reactive ketones (excluding diaryl/α,β-unsaturated/α-hetero) is 1. The van der Waals surface area contributed by atoms with E-state index in [1.165, 1.54) is 11.1 Å². The first kappa shape index (κ1) is 17.9. The van der Waals surface area contributed by atoms with Crippen LogP contribution >= 0.6 is 0 Å². The summed E-state index contributed by atoms with van der Waals surface area (Å²) in [6.07, 6.45) is 4.78. The average Bonchev–Trinajstić information content (AvgIpc) is 2.65. The molecule has 29 heavy (non-hydrogen) atoms. The van der Waals surface area contributed by atoms with Crippen LogP contribution < -0.4 is 4.90 Å². The lowest BCUT2D eigenvalue weighted by atomic mass is 9.77. The monoisotopic (exact) mass is 380 g/mol. The molecule has 1 aliphatic heterocycles. The molecule has 1 aromatic heterocycles. The Labute approximate surface area is 171 Å². The number of allylic oxidation sites excluding steroid dienone is 2. The van der Waals surface area contributed by atoms with Gasteiger partial charge in [0.1, 0.15) is 5.82 Å². The largest absolute Gasteiger partial charge is 0.294 e. The van der Waals surface area contributed by atoms with Crippen molar-refractivity contribution in [1.82, 2.24) is 4.98 Å². The van der Waals surface area contributed by atoms with Crippen LogP contribution in [-0.4, -0.2) is 10.8 Å². The molecule has 0 N–H and O–H groups in total. The second-order valence-corrected chi connectivity index (χ2v) is 8.94. The molecular weight excluding hydrogens is 356 g/mol. The van der Waals surface area contributed by atoms with Crippen LogP contribution in [0.2, 0.25) is 0 Å². The van der Waals surface area contributed by atoms with Gasteiger partial charge in [-0.25, -0.2) is 4.98 Å². The van der Waals surface area contributed by atoms with Gasteiger partial charge in [-0.3, -0.25) is 9.69 Å². The Kier molecular flexibility index (Phi) is 3.79. The standard InChI is InChI=1S/C26H24N2O/c1-16-5-8-20(9-6-16)28-23-14-26(3,4)15-24(29)21(23)13-19-12-18-11-17(2)7-10-22(18)27-25(19)28/h5-14H,15H2,1-4H3. The molecule has 144 valence electrons. The predicted molar refractivity (Wildman–Crippen MR) is 119 cm³/mol. The van der Waals surface area contributed by atoms with E-state index in [1.807, 2.05) is 6.08 Å². The first-order valence-electron chi connectivity index (χ1n) is 10.1. The van der Waals surface area contributed by atoms with Gasteiger partial charge in [0.15, 0.2) is 5.78 Å². The number of rotatable bonds is 1. The smallest absolute Gasteiger partial charge is 0.165 e. The molecular formula is C26H24N2O. The van der Waals surface area contributed by atoms with Gasteiger partial charge in [0, 0.05) is 28.6 Å². The number of aryl methyl sites for hydroxylation is 2. The van der Waals surface area contributed by atoms with Crippen molar-refractivity contribution < 1.29 is 4.79 Å². The van der Waals surface area contributed by atoms with E-state index in [9.17, 15) is 4.79 Å². The van der Waals surface area contributed by atoms with Gasteiger partial charge < -0.3 is 0 Å². The number of ketones is 1. The lowest BCUT2D eigenvalue weighted by Crippen LogP contribution is -2.33. The van der Waals surface area contributed by atoms with Crippen LogP contribution in [-0.2, 0) is 4.79 Å². The van der Waals surface area contributed by atoms with E-state index in [4.69, 9.17) is 4.98 Å². The highest BCUT2D eigenvalue weighted by molar-refractivity contribution is 6.10. The Morgan fingerprint density at radius 3 is 2.45 bits per heavy atom. The summed E-state index contributed by atoms with van der Waals surface area (Å²) < 4.78 is 0. The Bertz CT molecular complexity index is 1230. The maximum Gasteiger partial charge on any atom is 0.165 e. The third-order valence-electron chi connectivity index (χ3n) is 5.74. The van der Waals surface area contributed by atoms with Crippen molar-refractivity contribution in [1.29, 1.82) is 0 Å². The van der Waals surface area contributed by atoms with Crippen LogP contribution in [0.1, 0.15) is 37.0 Å². The molecule has 3 heteroatoms. The van der Waals surface area contributed by atoms with Crippen LogP contribution in [0.25, 0.3) is 17.0 Å². The summed E-state index contributed by atoms with van der Waals surface area (Å²) in [5.41, 5.74) is 6.94. The van der Waals surface area contributed by atoms with E-state index < -0.39 is 0 Å². The topological polar surface area (TPSA) is 33.2 Å². The molecule has 0 radical (unpaired) electrons. The summed E-state index contributed by atoms with van der Waals surface area (Å²) in [5.74, 6) is 1.07. The Hall–Kier alpha value is -3.20. The number of aromatic nitrogens is 1. The molecule has 0 amide bonds. The van der Waals surface area contributed by atoms with Gasteiger partial charge in [-0.15, -0.1) is 0 Å². The van der Waals surface area contributed by atoms with Gasteiger partial charge in [0.2, 0.25) is 0 Å². The van der Waals surface area contributed by atoms with Gasteiger partial charge in [-0.1, -0.05) is 49.2 Å². The normalized spacial score (nSPS) is 17.5. The highest BCUT2D eigenvalue weighted by atomic mass is 16.1. The molecule has 2 aromatic carbocycles. The number of benzene rings is 2. The highest BCUT2D eigenvalue weighted by Gasteiger charge is 2.37. The molecule has 3 aromatic rings. The SMILES string of the molecule is Cc1ccc(N2C3=CC(C)(C)CC(=O)C3=Cc3cc4cc(C)ccc4nc32)cc1. The van der Waals surface area contributed by atoms with Gasteiger partial charge in [0.05, 0.1) is 11.2 Å². The van der Waals surface area contributed by atoms with Crippen molar-refractivity contribution >= 4 is 34.3 Å². The third-order valence-corrected chi connectivity index (χ3v) is 5.74. The van der Waals surface area contributed by atoms with Crippen molar-refractivity contribution in [2.45, 2.75) is 34.1 Å². The zero-order valence-electron chi connectivity index (χ0n) is 17.3. The Morgan fingerprint density at radius 1 is 0.966 bits per heavy atom. The van der Waals surface area contributed by atoms with E-state index in [1.54, 1.807) is 0 Å². The van der Waals surface area contributed by atoms with Crippen LogP contribution in [0.4, 0.5) is 11.5 Å². The number of nitrogens with zero attached hydrogens (tertiary/aromatic N) is 2. The summed E-state index contributed by atoms with van der Waals surface area (Å²) in [7, 11) is 0.